The Bertz CT molecular complexity index is 988. The van der Waals surface area contributed by atoms with Gasteiger partial charge in [0.2, 0.25) is 5.95 Å². The summed E-state index contributed by atoms with van der Waals surface area (Å²) in [4.78, 5) is 19.2. The first-order chi connectivity index (χ1) is 12.9. The fourth-order valence-corrected chi connectivity index (χ4v) is 4.34. The maximum atomic E-state index is 4.63. The second-order valence-electron chi connectivity index (χ2n) is 6.36. The van der Waals surface area contributed by atoms with E-state index in [-0.39, 0.29) is 6.04 Å². The Kier molecular flexibility index (Phi) is 3.88. The van der Waals surface area contributed by atoms with Crippen molar-refractivity contribution >= 4 is 11.3 Å². The fraction of sp³-hybridized carbons (Fsp3) is 0.211. The van der Waals surface area contributed by atoms with Crippen LogP contribution in [0.3, 0.4) is 0 Å². The Morgan fingerprint density at radius 2 is 2.08 bits per heavy atom. The molecule has 0 saturated heterocycles. The summed E-state index contributed by atoms with van der Waals surface area (Å²) in [5.74, 6) is 0.706. The standard InChI is InChI=1S/C19H18N6S/c1-3-15(25(8-1)19-20-6-2-7-21-19)11-24-9-4-16-17(23-13-22-16)18(24)14-5-10-26-12-14/h1-3,5-8,10,12-13,18H,4,9,11H2,(H,22,23)/t18-/m1/s1. The van der Waals surface area contributed by atoms with Crippen LogP contribution in [0.2, 0.25) is 0 Å². The molecular weight excluding hydrogens is 344 g/mol. The summed E-state index contributed by atoms with van der Waals surface area (Å²) in [6, 6.07) is 8.40. The summed E-state index contributed by atoms with van der Waals surface area (Å²) >= 11 is 1.73. The van der Waals surface area contributed by atoms with E-state index in [1.54, 1.807) is 23.7 Å². The van der Waals surface area contributed by atoms with Crippen molar-refractivity contribution in [2.24, 2.45) is 0 Å². The third-order valence-corrected chi connectivity index (χ3v) is 5.55. The van der Waals surface area contributed by atoms with E-state index in [1.165, 1.54) is 17.0 Å². The lowest BCUT2D eigenvalue weighted by molar-refractivity contribution is 0.197. The van der Waals surface area contributed by atoms with Crippen molar-refractivity contribution in [2.75, 3.05) is 6.54 Å². The van der Waals surface area contributed by atoms with Crippen molar-refractivity contribution in [3.63, 3.8) is 0 Å². The number of aromatic nitrogens is 5. The van der Waals surface area contributed by atoms with Gasteiger partial charge in [0.05, 0.1) is 18.1 Å². The van der Waals surface area contributed by atoms with Crippen molar-refractivity contribution < 1.29 is 0 Å². The molecule has 26 heavy (non-hydrogen) atoms. The maximum Gasteiger partial charge on any atom is 0.233 e. The Labute approximate surface area is 155 Å². The monoisotopic (exact) mass is 362 g/mol. The molecule has 1 aliphatic heterocycles. The molecule has 0 spiro atoms. The number of hydrogen-bond donors (Lipinski definition) is 1. The minimum absolute atomic E-state index is 0.177. The molecule has 1 atom stereocenters. The molecule has 5 heterocycles. The average molecular weight is 362 g/mol. The number of nitrogens with one attached hydrogen (secondary N) is 1. The zero-order chi connectivity index (χ0) is 17.3. The van der Waals surface area contributed by atoms with Crippen LogP contribution in [0.15, 0.2) is 59.9 Å². The van der Waals surface area contributed by atoms with Gasteiger partial charge < -0.3 is 4.98 Å². The fourth-order valence-electron chi connectivity index (χ4n) is 3.66. The van der Waals surface area contributed by atoms with Crippen LogP contribution in [-0.4, -0.2) is 35.9 Å². The molecule has 7 heteroatoms. The van der Waals surface area contributed by atoms with Crippen LogP contribution in [0.25, 0.3) is 5.95 Å². The van der Waals surface area contributed by atoms with Crippen LogP contribution in [-0.2, 0) is 13.0 Å². The molecule has 6 nitrogen and oxygen atoms in total. The largest absolute Gasteiger partial charge is 0.348 e. The van der Waals surface area contributed by atoms with E-state index in [0.29, 0.717) is 5.95 Å². The lowest BCUT2D eigenvalue weighted by atomic mass is 9.97. The highest BCUT2D eigenvalue weighted by Crippen LogP contribution is 2.35. The van der Waals surface area contributed by atoms with Gasteiger partial charge in [-0.2, -0.15) is 11.3 Å². The Morgan fingerprint density at radius 1 is 1.15 bits per heavy atom. The number of thiophene rings is 1. The van der Waals surface area contributed by atoms with Crippen LogP contribution in [0.1, 0.15) is 28.7 Å². The lowest BCUT2D eigenvalue weighted by Crippen LogP contribution is -2.36. The molecule has 0 aliphatic carbocycles. The topological polar surface area (TPSA) is 62.6 Å². The van der Waals surface area contributed by atoms with Crippen LogP contribution in [0.4, 0.5) is 0 Å². The Hall–Kier alpha value is -2.77. The van der Waals surface area contributed by atoms with Gasteiger partial charge >= 0.3 is 0 Å². The first kappa shape index (κ1) is 15.5. The number of fused-ring (bicyclic) bond motifs is 1. The summed E-state index contributed by atoms with van der Waals surface area (Å²) in [6.07, 6.45) is 8.37. The molecule has 0 radical (unpaired) electrons. The summed E-state index contributed by atoms with van der Waals surface area (Å²) in [5, 5.41) is 4.36. The normalized spacial score (nSPS) is 17.3. The molecule has 130 valence electrons. The maximum absolute atomic E-state index is 4.63. The highest BCUT2D eigenvalue weighted by Gasteiger charge is 2.31. The second-order valence-corrected chi connectivity index (χ2v) is 7.14. The molecule has 4 aromatic rings. The van der Waals surface area contributed by atoms with E-state index in [4.69, 9.17) is 0 Å². The minimum atomic E-state index is 0.177. The van der Waals surface area contributed by atoms with E-state index in [0.717, 1.165) is 25.2 Å². The molecule has 0 unspecified atom stereocenters. The smallest absolute Gasteiger partial charge is 0.233 e. The van der Waals surface area contributed by atoms with Gasteiger partial charge in [-0.3, -0.25) is 9.47 Å². The number of imidazole rings is 1. The van der Waals surface area contributed by atoms with Crippen LogP contribution in [0.5, 0.6) is 0 Å². The first-order valence-corrected chi connectivity index (χ1v) is 9.56. The van der Waals surface area contributed by atoms with Gasteiger partial charge in [0, 0.05) is 49.5 Å². The van der Waals surface area contributed by atoms with Gasteiger partial charge in [-0.05, 0) is 40.6 Å². The predicted octanol–water partition coefficient (Wildman–Crippen LogP) is 3.20. The van der Waals surface area contributed by atoms with E-state index < -0.39 is 0 Å². The molecule has 0 saturated carbocycles. The molecule has 0 aromatic carbocycles. The summed E-state index contributed by atoms with van der Waals surface area (Å²) in [7, 11) is 0. The van der Waals surface area contributed by atoms with Crippen molar-refractivity contribution in [1.29, 1.82) is 0 Å². The third-order valence-electron chi connectivity index (χ3n) is 4.85. The number of rotatable bonds is 4. The van der Waals surface area contributed by atoms with Crippen molar-refractivity contribution in [3.8, 4) is 5.95 Å². The van der Waals surface area contributed by atoms with E-state index in [9.17, 15) is 0 Å². The van der Waals surface area contributed by atoms with Crippen molar-refractivity contribution in [1.82, 2.24) is 29.4 Å². The lowest BCUT2D eigenvalue weighted by Gasteiger charge is -2.34. The van der Waals surface area contributed by atoms with E-state index in [1.807, 2.05) is 18.6 Å². The number of nitrogens with zero attached hydrogens (tertiary/aromatic N) is 5. The molecule has 4 aromatic heterocycles. The highest BCUT2D eigenvalue weighted by molar-refractivity contribution is 7.08. The van der Waals surface area contributed by atoms with Crippen molar-refractivity contribution in [2.45, 2.75) is 19.0 Å². The minimum Gasteiger partial charge on any atom is -0.348 e. The van der Waals surface area contributed by atoms with Gasteiger partial charge in [-0.15, -0.1) is 0 Å². The molecule has 0 amide bonds. The van der Waals surface area contributed by atoms with Crippen molar-refractivity contribution in [3.05, 3.63) is 82.6 Å². The number of aromatic amines is 1. The quantitative estimate of drug-likeness (QED) is 0.606. The highest BCUT2D eigenvalue weighted by atomic mass is 32.1. The molecule has 1 aliphatic rings. The van der Waals surface area contributed by atoms with Crippen LogP contribution < -0.4 is 0 Å². The van der Waals surface area contributed by atoms with Gasteiger partial charge in [0.25, 0.3) is 0 Å². The molecule has 1 N–H and O–H groups in total. The van der Waals surface area contributed by atoms with E-state index in [2.05, 4.69) is 58.4 Å². The van der Waals surface area contributed by atoms with Gasteiger partial charge in [0.1, 0.15) is 0 Å². The second kappa shape index (κ2) is 6.51. The molecule has 0 fully saturated rings. The van der Waals surface area contributed by atoms with Crippen LogP contribution >= 0.6 is 11.3 Å². The molecule has 0 bridgehead atoms. The van der Waals surface area contributed by atoms with Gasteiger partial charge in [-0.25, -0.2) is 15.0 Å². The predicted molar refractivity (Wildman–Crippen MR) is 100 cm³/mol. The summed E-state index contributed by atoms with van der Waals surface area (Å²) < 4.78 is 2.06. The molecule has 5 rings (SSSR count). The number of H-pyrrole nitrogens is 1. The number of hydrogen-bond acceptors (Lipinski definition) is 5. The zero-order valence-corrected chi connectivity index (χ0v) is 14.9. The van der Waals surface area contributed by atoms with Gasteiger partial charge in [-0.1, -0.05) is 0 Å². The summed E-state index contributed by atoms with van der Waals surface area (Å²) in [5.41, 5.74) is 4.87. The average Bonchev–Trinajstić information content (AvgIpc) is 3.44. The van der Waals surface area contributed by atoms with Crippen LogP contribution in [0, 0.1) is 0 Å². The first-order valence-electron chi connectivity index (χ1n) is 8.62. The molecular formula is C19H18N6S. The SMILES string of the molecule is c1cnc(-n2cccc2CN2CCc3[nH]cnc3[C@H]2c2ccsc2)nc1. The summed E-state index contributed by atoms with van der Waals surface area (Å²) in [6.45, 7) is 1.80. The Balaban J connectivity index is 1.50. The van der Waals surface area contributed by atoms with E-state index >= 15 is 0 Å². The Morgan fingerprint density at radius 3 is 2.92 bits per heavy atom. The third kappa shape index (κ3) is 2.65. The van der Waals surface area contributed by atoms with Gasteiger partial charge in [0.15, 0.2) is 0 Å². The zero-order valence-electron chi connectivity index (χ0n) is 14.1.